The lowest BCUT2D eigenvalue weighted by Crippen LogP contribution is -2.44. The Labute approximate surface area is 126 Å². The van der Waals surface area contributed by atoms with Gasteiger partial charge < -0.3 is 15.2 Å². The molecular formula is C17H23NO3. The molecule has 2 N–H and O–H groups in total. The number of hydrogen-bond acceptors (Lipinski definition) is 3. The molecule has 0 aliphatic rings. The maximum atomic E-state index is 12.4. The second-order valence-electron chi connectivity index (χ2n) is 5.10. The molecule has 0 aliphatic carbocycles. The molecule has 0 spiro atoms. The molecule has 21 heavy (non-hydrogen) atoms. The van der Waals surface area contributed by atoms with Crippen LogP contribution < -0.4 is 10.1 Å². The van der Waals surface area contributed by atoms with E-state index in [1.165, 1.54) is 0 Å². The van der Waals surface area contributed by atoms with Gasteiger partial charge in [-0.3, -0.25) is 4.79 Å². The van der Waals surface area contributed by atoms with Gasteiger partial charge in [-0.15, -0.1) is 0 Å². The Balaban J connectivity index is 3.06. The van der Waals surface area contributed by atoms with Crippen LogP contribution in [0.4, 0.5) is 0 Å². The number of methoxy groups -OCH3 is 1. The van der Waals surface area contributed by atoms with E-state index in [0.29, 0.717) is 16.9 Å². The Bertz CT molecular complexity index is 551. The zero-order valence-corrected chi connectivity index (χ0v) is 13.1. The zero-order valence-electron chi connectivity index (χ0n) is 13.1. The molecule has 0 atom stereocenters. The van der Waals surface area contributed by atoms with Gasteiger partial charge in [-0.2, -0.15) is 0 Å². The van der Waals surface area contributed by atoms with Gasteiger partial charge in [-0.05, 0) is 38.0 Å². The summed E-state index contributed by atoms with van der Waals surface area (Å²) in [7, 11) is 1.55. The van der Waals surface area contributed by atoms with Crippen LogP contribution in [0.5, 0.6) is 5.75 Å². The molecule has 0 unspecified atom stereocenters. The number of carbonyl (C=O) groups is 1. The number of aliphatic hydroxyl groups is 1. The van der Waals surface area contributed by atoms with Crippen LogP contribution in [0.3, 0.4) is 0 Å². The molecule has 0 bridgehead atoms. The maximum Gasteiger partial charge on any atom is 0.251 e. The number of carbonyl (C=O) groups excluding carboxylic acids is 1. The number of aliphatic hydroxyl groups excluding tert-OH is 1. The van der Waals surface area contributed by atoms with Crippen molar-refractivity contribution in [2.45, 2.75) is 39.2 Å². The molecule has 1 amide bonds. The fourth-order valence-corrected chi connectivity index (χ4v) is 1.85. The van der Waals surface area contributed by atoms with Crippen LogP contribution in [-0.4, -0.2) is 30.3 Å². The summed E-state index contributed by atoms with van der Waals surface area (Å²) in [6.45, 7) is 5.90. The quantitative estimate of drug-likeness (QED) is 0.818. The summed E-state index contributed by atoms with van der Waals surface area (Å²) >= 11 is 0. The van der Waals surface area contributed by atoms with Crippen molar-refractivity contribution < 1.29 is 14.6 Å². The molecule has 0 fully saturated rings. The topological polar surface area (TPSA) is 58.6 Å². The standard InChI is InChI=1S/C17H23NO3/c1-5-17(3,6-2)18-16(20)14-9-10-15(21-4)13(12-14)8-7-11-19/h9-10,12,19H,5-6,11H2,1-4H3,(H,18,20). The second-order valence-corrected chi connectivity index (χ2v) is 5.10. The van der Waals surface area contributed by atoms with Crippen molar-refractivity contribution in [3.8, 4) is 17.6 Å². The summed E-state index contributed by atoms with van der Waals surface area (Å²) in [4.78, 5) is 12.4. The van der Waals surface area contributed by atoms with Gasteiger partial charge in [0.1, 0.15) is 12.4 Å². The lowest BCUT2D eigenvalue weighted by molar-refractivity contribution is 0.0901. The van der Waals surface area contributed by atoms with E-state index in [9.17, 15) is 4.79 Å². The van der Waals surface area contributed by atoms with Crippen LogP contribution in [0, 0.1) is 11.8 Å². The van der Waals surface area contributed by atoms with Crippen LogP contribution in [0.2, 0.25) is 0 Å². The maximum absolute atomic E-state index is 12.4. The SMILES string of the molecule is CCC(C)(CC)NC(=O)c1ccc(OC)c(C#CCO)c1. The largest absolute Gasteiger partial charge is 0.495 e. The van der Waals surface area contributed by atoms with Crippen molar-refractivity contribution in [1.29, 1.82) is 0 Å². The molecule has 0 saturated carbocycles. The predicted octanol–water partition coefficient (Wildman–Crippen LogP) is 2.35. The van der Waals surface area contributed by atoms with Gasteiger partial charge in [0.05, 0.1) is 12.7 Å². The second kappa shape index (κ2) is 7.70. The number of benzene rings is 1. The molecule has 0 heterocycles. The van der Waals surface area contributed by atoms with Gasteiger partial charge in [0.25, 0.3) is 5.91 Å². The van der Waals surface area contributed by atoms with E-state index in [4.69, 9.17) is 9.84 Å². The van der Waals surface area contributed by atoms with Crippen molar-refractivity contribution in [2.75, 3.05) is 13.7 Å². The third kappa shape index (κ3) is 4.51. The van der Waals surface area contributed by atoms with E-state index < -0.39 is 0 Å². The summed E-state index contributed by atoms with van der Waals surface area (Å²) in [5, 5.41) is 11.8. The Kier molecular flexibility index (Phi) is 6.26. The molecule has 0 radical (unpaired) electrons. The fourth-order valence-electron chi connectivity index (χ4n) is 1.85. The summed E-state index contributed by atoms with van der Waals surface area (Å²) in [5.74, 6) is 5.82. The minimum atomic E-state index is -0.233. The van der Waals surface area contributed by atoms with Crippen molar-refractivity contribution in [3.63, 3.8) is 0 Å². The zero-order chi connectivity index (χ0) is 15.9. The first-order valence-corrected chi connectivity index (χ1v) is 7.10. The number of amides is 1. The molecule has 1 aromatic carbocycles. The summed E-state index contributed by atoms with van der Waals surface area (Å²) in [6.07, 6.45) is 1.73. The normalized spacial score (nSPS) is 10.5. The average Bonchev–Trinajstić information content (AvgIpc) is 2.52. The molecule has 4 heteroatoms. The van der Waals surface area contributed by atoms with Crippen molar-refractivity contribution >= 4 is 5.91 Å². The van der Waals surface area contributed by atoms with Crippen molar-refractivity contribution in [2.24, 2.45) is 0 Å². The van der Waals surface area contributed by atoms with Gasteiger partial charge in [0.15, 0.2) is 0 Å². The first-order chi connectivity index (χ1) is 9.99. The molecule has 114 valence electrons. The highest BCUT2D eigenvalue weighted by Gasteiger charge is 2.22. The van der Waals surface area contributed by atoms with Gasteiger partial charge >= 0.3 is 0 Å². The number of nitrogens with one attached hydrogen (secondary N) is 1. The molecule has 0 saturated heterocycles. The lowest BCUT2D eigenvalue weighted by Gasteiger charge is -2.28. The van der Waals surface area contributed by atoms with E-state index in [0.717, 1.165) is 12.8 Å². The molecule has 0 aromatic heterocycles. The van der Waals surface area contributed by atoms with E-state index >= 15 is 0 Å². The number of rotatable bonds is 5. The minimum absolute atomic E-state index is 0.129. The monoisotopic (exact) mass is 289 g/mol. The third-order valence-corrected chi connectivity index (χ3v) is 3.74. The third-order valence-electron chi connectivity index (χ3n) is 3.74. The predicted molar refractivity (Wildman–Crippen MR) is 83.4 cm³/mol. The van der Waals surface area contributed by atoms with Gasteiger partial charge in [0.2, 0.25) is 0 Å². The van der Waals surface area contributed by atoms with Crippen LogP contribution >= 0.6 is 0 Å². The Morgan fingerprint density at radius 2 is 2.05 bits per heavy atom. The van der Waals surface area contributed by atoms with Gasteiger partial charge in [-0.1, -0.05) is 25.7 Å². The molecule has 1 aromatic rings. The molecule has 1 rings (SSSR count). The fraction of sp³-hybridized carbons (Fsp3) is 0.471. The average molecular weight is 289 g/mol. The summed E-state index contributed by atoms with van der Waals surface area (Å²) < 4.78 is 5.20. The first kappa shape index (κ1) is 17.1. The minimum Gasteiger partial charge on any atom is -0.495 e. The highest BCUT2D eigenvalue weighted by atomic mass is 16.5. The van der Waals surface area contributed by atoms with Crippen molar-refractivity contribution in [3.05, 3.63) is 29.3 Å². The Morgan fingerprint density at radius 3 is 2.57 bits per heavy atom. The summed E-state index contributed by atoms with van der Waals surface area (Å²) in [6, 6.07) is 5.11. The van der Waals surface area contributed by atoms with Crippen LogP contribution in [0.1, 0.15) is 49.5 Å². The number of ether oxygens (including phenoxy) is 1. The van der Waals surface area contributed by atoms with Gasteiger partial charge in [-0.25, -0.2) is 0 Å². The van der Waals surface area contributed by atoms with E-state index in [1.54, 1.807) is 25.3 Å². The molecule has 0 aliphatic heterocycles. The molecular weight excluding hydrogens is 266 g/mol. The van der Waals surface area contributed by atoms with Crippen LogP contribution in [0.15, 0.2) is 18.2 Å². The smallest absolute Gasteiger partial charge is 0.251 e. The molecule has 4 nitrogen and oxygen atoms in total. The van der Waals surface area contributed by atoms with E-state index in [-0.39, 0.29) is 18.1 Å². The lowest BCUT2D eigenvalue weighted by atomic mass is 9.95. The Hall–Kier alpha value is -1.99. The Morgan fingerprint density at radius 1 is 1.38 bits per heavy atom. The van der Waals surface area contributed by atoms with Crippen molar-refractivity contribution in [1.82, 2.24) is 5.32 Å². The number of hydrogen-bond donors (Lipinski definition) is 2. The van der Waals surface area contributed by atoms with E-state index in [2.05, 4.69) is 31.0 Å². The highest BCUT2D eigenvalue weighted by molar-refractivity contribution is 5.95. The van der Waals surface area contributed by atoms with Gasteiger partial charge in [0, 0.05) is 11.1 Å². The van der Waals surface area contributed by atoms with Crippen LogP contribution in [0.25, 0.3) is 0 Å². The summed E-state index contributed by atoms with van der Waals surface area (Å²) in [5.41, 5.74) is 0.911. The van der Waals surface area contributed by atoms with Crippen LogP contribution in [-0.2, 0) is 0 Å². The highest BCUT2D eigenvalue weighted by Crippen LogP contribution is 2.20. The first-order valence-electron chi connectivity index (χ1n) is 7.10. The van der Waals surface area contributed by atoms with E-state index in [1.807, 2.05) is 6.92 Å².